The molecule has 0 bridgehead atoms. The standard InChI is InChI=1S/C20H30N6O3S.HI/c1-21-19(23-13-11-16-7-9-17(10-8-16)30(2,28)29)22-12-5-15-26-20(27)25-14-4-3-6-18(25)24-26;/h7-10H,3-6,11-15H2,1-2H3,(H2,21,22,23);1H. The molecule has 1 aliphatic heterocycles. The second kappa shape index (κ2) is 11.7. The van der Waals surface area contributed by atoms with E-state index in [4.69, 9.17) is 0 Å². The van der Waals surface area contributed by atoms with E-state index in [0.29, 0.717) is 30.5 Å². The molecule has 31 heavy (non-hydrogen) atoms. The van der Waals surface area contributed by atoms with Crippen molar-refractivity contribution in [1.29, 1.82) is 0 Å². The fourth-order valence-corrected chi connectivity index (χ4v) is 4.11. The number of hydrogen-bond acceptors (Lipinski definition) is 5. The molecule has 2 aromatic rings. The molecule has 0 unspecified atom stereocenters. The van der Waals surface area contributed by atoms with Gasteiger partial charge >= 0.3 is 5.69 Å². The summed E-state index contributed by atoms with van der Waals surface area (Å²) in [7, 11) is -1.45. The van der Waals surface area contributed by atoms with Gasteiger partial charge in [-0.25, -0.2) is 17.9 Å². The number of aromatic nitrogens is 3. The van der Waals surface area contributed by atoms with Gasteiger partial charge in [0.05, 0.1) is 4.90 Å². The van der Waals surface area contributed by atoms with Crippen LogP contribution >= 0.6 is 24.0 Å². The Kier molecular flexibility index (Phi) is 9.54. The van der Waals surface area contributed by atoms with E-state index >= 15 is 0 Å². The third-order valence-electron chi connectivity index (χ3n) is 5.15. The monoisotopic (exact) mass is 562 g/mol. The number of nitrogens with one attached hydrogen (secondary N) is 2. The van der Waals surface area contributed by atoms with Crippen LogP contribution in [-0.2, 0) is 35.8 Å². The summed E-state index contributed by atoms with van der Waals surface area (Å²) in [5, 5.41) is 10.9. The van der Waals surface area contributed by atoms with Crippen molar-refractivity contribution in [3.05, 3.63) is 46.1 Å². The van der Waals surface area contributed by atoms with Crippen LogP contribution in [0.4, 0.5) is 0 Å². The van der Waals surface area contributed by atoms with E-state index in [1.165, 1.54) is 6.26 Å². The highest BCUT2D eigenvalue weighted by atomic mass is 127. The van der Waals surface area contributed by atoms with Gasteiger partial charge in [-0.2, -0.15) is 5.10 Å². The maximum Gasteiger partial charge on any atom is 0.345 e. The van der Waals surface area contributed by atoms with E-state index in [1.54, 1.807) is 28.4 Å². The van der Waals surface area contributed by atoms with Gasteiger partial charge < -0.3 is 10.6 Å². The average molecular weight is 562 g/mol. The predicted octanol–water partition coefficient (Wildman–Crippen LogP) is 1.20. The second-order valence-electron chi connectivity index (χ2n) is 7.48. The second-order valence-corrected chi connectivity index (χ2v) is 9.49. The third kappa shape index (κ3) is 7.06. The zero-order chi connectivity index (χ0) is 21.6. The lowest BCUT2D eigenvalue weighted by Gasteiger charge is -2.12. The van der Waals surface area contributed by atoms with E-state index in [-0.39, 0.29) is 29.7 Å². The number of guanidine groups is 1. The molecule has 0 amide bonds. The number of sulfone groups is 1. The summed E-state index contributed by atoms with van der Waals surface area (Å²) in [4.78, 5) is 16.9. The number of aliphatic imine (C=N–C) groups is 1. The molecule has 0 aliphatic carbocycles. The quantitative estimate of drug-likeness (QED) is 0.217. The minimum atomic E-state index is -3.17. The van der Waals surface area contributed by atoms with E-state index in [0.717, 1.165) is 50.0 Å². The Morgan fingerprint density at radius 2 is 1.87 bits per heavy atom. The SMILES string of the molecule is CN=C(NCCCn1nc2n(c1=O)CCCC2)NCCc1ccc(S(C)(=O)=O)cc1.I. The molecule has 0 spiro atoms. The molecule has 3 rings (SSSR count). The fraction of sp³-hybridized carbons (Fsp3) is 0.550. The Hall–Kier alpha value is -1.89. The number of halogens is 1. The maximum atomic E-state index is 12.3. The molecular formula is C20H31IN6O3S. The van der Waals surface area contributed by atoms with Crippen LogP contribution in [0.3, 0.4) is 0 Å². The van der Waals surface area contributed by atoms with E-state index in [1.807, 2.05) is 12.1 Å². The number of aryl methyl sites for hydroxylation is 2. The molecule has 172 valence electrons. The summed E-state index contributed by atoms with van der Waals surface area (Å²) in [6, 6.07) is 6.92. The van der Waals surface area contributed by atoms with Gasteiger partial charge in [-0.3, -0.25) is 9.56 Å². The molecule has 0 radical (unpaired) electrons. The molecule has 9 nitrogen and oxygen atoms in total. The van der Waals surface area contributed by atoms with Crippen LogP contribution in [0.15, 0.2) is 38.9 Å². The molecule has 2 N–H and O–H groups in total. The minimum absolute atomic E-state index is 0. The van der Waals surface area contributed by atoms with Crippen LogP contribution in [0.5, 0.6) is 0 Å². The molecular weight excluding hydrogens is 531 g/mol. The number of hydrogen-bond donors (Lipinski definition) is 2. The van der Waals surface area contributed by atoms with Gasteiger partial charge in [-0.1, -0.05) is 12.1 Å². The van der Waals surface area contributed by atoms with Crippen molar-refractivity contribution in [3.8, 4) is 0 Å². The van der Waals surface area contributed by atoms with Gasteiger partial charge in [-0.05, 0) is 43.4 Å². The van der Waals surface area contributed by atoms with Crippen LogP contribution in [-0.4, -0.2) is 55.1 Å². The van der Waals surface area contributed by atoms with Gasteiger partial charge in [0.25, 0.3) is 0 Å². The van der Waals surface area contributed by atoms with Crippen molar-refractivity contribution < 1.29 is 8.42 Å². The van der Waals surface area contributed by atoms with Crippen LogP contribution in [0.1, 0.15) is 30.7 Å². The topological polar surface area (TPSA) is 110 Å². The Morgan fingerprint density at radius 3 is 2.52 bits per heavy atom. The normalized spacial score (nSPS) is 13.9. The van der Waals surface area contributed by atoms with Crippen molar-refractivity contribution in [3.63, 3.8) is 0 Å². The van der Waals surface area contributed by atoms with Crippen molar-refractivity contribution >= 4 is 39.8 Å². The highest BCUT2D eigenvalue weighted by molar-refractivity contribution is 14.0. The Bertz CT molecular complexity index is 1040. The number of benzene rings is 1. The zero-order valence-corrected chi connectivity index (χ0v) is 21.2. The van der Waals surface area contributed by atoms with Crippen LogP contribution < -0.4 is 16.3 Å². The predicted molar refractivity (Wildman–Crippen MR) is 132 cm³/mol. The number of rotatable bonds is 8. The molecule has 1 aromatic heterocycles. The molecule has 11 heteroatoms. The first-order chi connectivity index (χ1) is 14.4. The Labute approximate surface area is 200 Å². The lowest BCUT2D eigenvalue weighted by molar-refractivity contribution is 0.509. The van der Waals surface area contributed by atoms with Crippen molar-refractivity contribution in [2.24, 2.45) is 4.99 Å². The van der Waals surface area contributed by atoms with Crippen LogP contribution in [0, 0.1) is 0 Å². The van der Waals surface area contributed by atoms with Gasteiger partial charge in [0.1, 0.15) is 5.82 Å². The molecule has 0 saturated carbocycles. The summed E-state index contributed by atoms with van der Waals surface area (Å²) in [5.74, 6) is 1.60. The van der Waals surface area contributed by atoms with Crippen molar-refractivity contribution in [2.45, 2.75) is 50.1 Å². The summed E-state index contributed by atoms with van der Waals surface area (Å²) >= 11 is 0. The van der Waals surface area contributed by atoms with Crippen molar-refractivity contribution in [1.82, 2.24) is 25.0 Å². The minimum Gasteiger partial charge on any atom is -0.356 e. The first kappa shape index (κ1) is 25.4. The van der Waals surface area contributed by atoms with Crippen molar-refractivity contribution in [2.75, 3.05) is 26.4 Å². The largest absolute Gasteiger partial charge is 0.356 e. The lowest BCUT2D eigenvalue weighted by Crippen LogP contribution is -2.39. The molecule has 0 atom stereocenters. The summed E-state index contributed by atoms with van der Waals surface area (Å²) in [6.45, 7) is 2.71. The van der Waals surface area contributed by atoms with Gasteiger partial charge in [0.15, 0.2) is 15.8 Å². The molecule has 0 fully saturated rings. The Morgan fingerprint density at radius 1 is 1.16 bits per heavy atom. The van der Waals surface area contributed by atoms with E-state index in [2.05, 4.69) is 20.7 Å². The van der Waals surface area contributed by atoms with Crippen LogP contribution in [0.25, 0.3) is 0 Å². The smallest absolute Gasteiger partial charge is 0.345 e. The van der Waals surface area contributed by atoms with Gasteiger partial charge in [0, 0.05) is 45.9 Å². The third-order valence-corrected chi connectivity index (χ3v) is 6.28. The first-order valence-electron chi connectivity index (χ1n) is 10.3. The van der Waals surface area contributed by atoms with E-state index < -0.39 is 9.84 Å². The highest BCUT2D eigenvalue weighted by Crippen LogP contribution is 2.11. The summed E-state index contributed by atoms with van der Waals surface area (Å²) < 4.78 is 26.4. The number of fused-ring (bicyclic) bond motifs is 1. The lowest BCUT2D eigenvalue weighted by atomic mass is 10.1. The molecule has 1 aliphatic rings. The maximum absolute atomic E-state index is 12.3. The first-order valence-corrected chi connectivity index (χ1v) is 12.2. The van der Waals surface area contributed by atoms with Crippen LogP contribution in [0.2, 0.25) is 0 Å². The van der Waals surface area contributed by atoms with E-state index in [9.17, 15) is 13.2 Å². The zero-order valence-electron chi connectivity index (χ0n) is 18.0. The Balaban J connectivity index is 0.00000341. The number of nitrogens with zero attached hydrogens (tertiary/aromatic N) is 4. The van der Waals surface area contributed by atoms with Gasteiger partial charge in [0.2, 0.25) is 0 Å². The summed E-state index contributed by atoms with van der Waals surface area (Å²) in [6.07, 6.45) is 5.75. The highest BCUT2D eigenvalue weighted by Gasteiger charge is 2.16. The molecule has 1 aromatic carbocycles. The molecule has 0 saturated heterocycles. The molecule has 2 heterocycles. The van der Waals surface area contributed by atoms with Gasteiger partial charge in [-0.15, -0.1) is 24.0 Å². The fourth-order valence-electron chi connectivity index (χ4n) is 3.48. The average Bonchev–Trinajstić information content (AvgIpc) is 3.05. The summed E-state index contributed by atoms with van der Waals surface area (Å²) in [5.41, 5.74) is 1.04.